The first-order valence-corrected chi connectivity index (χ1v) is 24.5. The van der Waals surface area contributed by atoms with Crippen molar-refractivity contribution in [3.05, 3.63) is 35.9 Å². The van der Waals surface area contributed by atoms with Gasteiger partial charge in [-0.1, -0.05) is 244 Å². The second-order valence-corrected chi connectivity index (χ2v) is 17.9. The smallest absolute Gasteiger partial charge is 0.119 e. The Morgan fingerprint density at radius 3 is 0.755 bits per heavy atom. The van der Waals surface area contributed by atoms with Gasteiger partial charge in [0.15, 0.2) is 0 Å². The molecule has 0 saturated carbocycles. The average Bonchev–Trinajstić information content (AvgIpc) is 3.16. The van der Waals surface area contributed by atoms with Crippen LogP contribution in [0.15, 0.2) is 30.3 Å². The predicted molar refractivity (Wildman–Crippen MR) is 238 cm³/mol. The van der Waals surface area contributed by atoms with Crippen molar-refractivity contribution in [1.29, 1.82) is 0 Å². The number of quaternary nitrogens is 1. The van der Waals surface area contributed by atoms with Gasteiger partial charge in [-0.3, -0.25) is 0 Å². The van der Waals surface area contributed by atoms with Gasteiger partial charge in [0, 0.05) is 5.56 Å². The van der Waals surface area contributed by atoms with Crippen LogP contribution in [-0.2, 0) is 5.54 Å². The van der Waals surface area contributed by atoms with E-state index in [1.54, 1.807) is 5.56 Å². The lowest BCUT2D eigenvalue weighted by Gasteiger charge is -2.51. The summed E-state index contributed by atoms with van der Waals surface area (Å²) in [5.41, 5.74) is 1.72. The fraction of sp³-hybridized carbons (Fsp3) is 0.882. The zero-order valence-corrected chi connectivity index (χ0v) is 38.0. The van der Waals surface area contributed by atoms with Gasteiger partial charge in [-0.05, 0) is 52.4 Å². The molecule has 0 aliphatic rings. The second-order valence-electron chi connectivity index (χ2n) is 17.9. The van der Waals surface area contributed by atoms with Crippen molar-refractivity contribution in [1.82, 2.24) is 0 Å². The Morgan fingerprint density at radius 1 is 0.321 bits per heavy atom. The van der Waals surface area contributed by atoms with Crippen LogP contribution in [0.1, 0.15) is 271 Å². The fourth-order valence-corrected chi connectivity index (χ4v) is 9.06. The first kappa shape index (κ1) is 52.5. The van der Waals surface area contributed by atoms with Gasteiger partial charge >= 0.3 is 0 Å². The SMILES string of the molecule is CCCCCCCCCCCCCCCC[N+](CCCCCCCCCCCC)(CCCCCCCCCCCCCC)C(C)(C)c1ccccc1.[Cl-]. The molecule has 0 heterocycles. The molecule has 0 saturated heterocycles. The second kappa shape index (κ2) is 38.3. The molecule has 0 radical (unpaired) electrons. The summed E-state index contributed by atoms with van der Waals surface area (Å²) in [5, 5.41) is 0. The maximum absolute atomic E-state index is 2.61. The van der Waals surface area contributed by atoms with E-state index in [2.05, 4.69) is 65.0 Å². The quantitative estimate of drug-likeness (QED) is 0.0461. The van der Waals surface area contributed by atoms with Crippen molar-refractivity contribution in [2.45, 2.75) is 271 Å². The van der Waals surface area contributed by atoms with Gasteiger partial charge in [-0.25, -0.2) is 0 Å². The van der Waals surface area contributed by atoms with Crippen molar-refractivity contribution in [3.63, 3.8) is 0 Å². The minimum atomic E-state index is 0. The minimum Gasteiger partial charge on any atom is -1.00 e. The van der Waals surface area contributed by atoms with Crippen LogP contribution in [0.5, 0.6) is 0 Å². The summed E-state index contributed by atoms with van der Waals surface area (Å²) in [7, 11) is 0. The molecule has 1 aromatic carbocycles. The van der Waals surface area contributed by atoms with Gasteiger partial charge in [0.2, 0.25) is 0 Å². The molecular formula is C51H98ClN. The van der Waals surface area contributed by atoms with Crippen LogP contribution in [0.25, 0.3) is 0 Å². The van der Waals surface area contributed by atoms with E-state index in [1.807, 2.05) is 0 Å². The summed E-state index contributed by atoms with van der Waals surface area (Å²) < 4.78 is 1.31. The van der Waals surface area contributed by atoms with Crippen LogP contribution in [-0.4, -0.2) is 24.1 Å². The molecule has 0 bridgehead atoms. The Kier molecular flexibility index (Phi) is 38.0. The maximum Gasteiger partial charge on any atom is 0.119 e. The van der Waals surface area contributed by atoms with Crippen LogP contribution in [0, 0.1) is 0 Å². The molecule has 0 N–H and O–H groups in total. The van der Waals surface area contributed by atoms with Gasteiger partial charge < -0.3 is 16.9 Å². The highest BCUT2D eigenvalue weighted by atomic mass is 35.5. The number of halogens is 1. The molecule has 0 aliphatic carbocycles. The van der Waals surface area contributed by atoms with E-state index in [0.717, 1.165) is 0 Å². The minimum absolute atomic E-state index is 0. The van der Waals surface area contributed by atoms with E-state index in [9.17, 15) is 0 Å². The molecule has 0 amide bonds. The molecule has 53 heavy (non-hydrogen) atoms. The molecule has 0 spiro atoms. The van der Waals surface area contributed by atoms with Crippen molar-refractivity contribution in [2.75, 3.05) is 19.6 Å². The lowest BCUT2D eigenvalue weighted by molar-refractivity contribution is -0.980. The summed E-state index contributed by atoms with van der Waals surface area (Å²) in [6.45, 7) is 16.3. The van der Waals surface area contributed by atoms with E-state index >= 15 is 0 Å². The number of nitrogens with zero attached hydrogens (tertiary/aromatic N) is 1. The number of hydrogen-bond acceptors (Lipinski definition) is 0. The van der Waals surface area contributed by atoms with Gasteiger partial charge in [0.25, 0.3) is 0 Å². The lowest BCUT2D eigenvalue weighted by atomic mass is 9.87. The molecule has 0 aliphatic heterocycles. The van der Waals surface area contributed by atoms with E-state index in [-0.39, 0.29) is 17.9 Å². The number of hydrogen-bond donors (Lipinski definition) is 0. The summed E-state index contributed by atoms with van der Waals surface area (Å²) in [5.74, 6) is 0. The highest BCUT2D eigenvalue weighted by Crippen LogP contribution is 2.37. The zero-order valence-electron chi connectivity index (χ0n) is 37.3. The fourth-order valence-electron chi connectivity index (χ4n) is 9.06. The van der Waals surface area contributed by atoms with Crippen molar-refractivity contribution in [3.8, 4) is 0 Å². The molecule has 1 atom stereocenters. The summed E-state index contributed by atoms with van der Waals surface area (Å²) in [6.07, 6.45) is 51.9. The Hall–Kier alpha value is -0.530. The van der Waals surface area contributed by atoms with E-state index in [0.29, 0.717) is 0 Å². The maximum atomic E-state index is 2.61. The number of rotatable bonds is 41. The molecule has 314 valence electrons. The standard InChI is InChI=1S/C51H98N.ClH/c1-6-9-12-15-18-21-24-26-27-29-32-35-38-44-49-52(51(4,5)50-45-40-39-41-46-50,47-42-36-33-30-23-20-17-14-11-8-3)48-43-37-34-31-28-25-22-19-16-13-10-7-2;/h39-41,45-46H,6-38,42-44,47-49H2,1-5H3;1H/q+1;/p-1. The molecule has 1 rings (SSSR count). The monoisotopic (exact) mass is 760 g/mol. The third-order valence-electron chi connectivity index (χ3n) is 13.0. The molecule has 1 unspecified atom stereocenters. The van der Waals surface area contributed by atoms with E-state index < -0.39 is 0 Å². The highest BCUT2D eigenvalue weighted by molar-refractivity contribution is 5.21. The normalized spacial score (nSPS) is 12.9. The lowest BCUT2D eigenvalue weighted by Crippen LogP contribution is -3.00. The third kappa shape index (κ3) is 27.7. The predicted octanol–water partition coefficient (Wildman–Crippen LogP) is 14.8. The van der Waals surface area contributed by atoms with Crippen LogP contribution in [0.3, 0.4) is 0 Å². The van der Waals surface area contributed by atoms with Crippen molar-refractivity contribution < 1.29 is 16.9 Å². The number of benzene rings is 1. The Morgan fingerprint density at radius 2 is 0.528 bits per heavy atom. The molecule has 0 aromatic heterocycles. The van der Waals surface area contributed by atoms with Gasteiger partial charge in [0.1, 0.15) is 5.54 Å². The van der Waals surface area contributed by atoms with Crippen LogP contribution >= 0.6 is 0 Å². The van der Waals surface area contributed by atoms with Crippen molar-refractivity contribution in [2.24, 2.45) is 0 Å². The van der Waals surface area contributed by atoms with Crippen LogP contribution < -0.4 is 12.4 Å². The van der Waals surface area contributed by atoms with Gasteiger partial charge in [-0.2, -0.15) is 0 Å². The summed E-state index contributed by atoms with van der Waals surface area (Å²) in [4.78, 5) is 0. The zero-order chi connectivity index (χ0) is 37.7. The van der Waals surface area contributed by atoms with Gasteiger partial charge in [-0.15, -0.1) is 0 Å². The summed E-state index contributed by atoms with van der Waals surface area (Å²) in [6, 6.07) is 11.7. The topological polar surface area (TPSA) is 0 Å². The van der Waals surface area contributed by atoms with Crippen molar-refractivity contribution >= 4 is 0 Å². The number of unbranched alkanes of at least 4 members (excludes halogenated alkanes) is 33. The third-order valence-corrected chi connectivity index (χ3v) is 13.0. The van der Waals surface area contributed by atoms with E-state index in [4.69, 9.17) is 0 Å². The largest absolute Gasteiger partial charge is 1.00 e. The highest BCUT2D eigenvalue weighted by Gasteiger charge is 2.43. The Balaban J connectivity index is 0.0000270. The van der Waals surface area contributed by atoms with E-state index in [1.165, 1.54) is 255 Å². The first-order chi connectivity index (χ1) is 25.5. The Bertz CT molecular complexity index is 836. The average molecular weight is 761 g/mol. The first-order valence-electron chi connectivity index (χ1n) is 24.5. The van der Waals surface area contributed by atoms with Crippen LogP contribution in [0.4, 0.5) is 0 Å². The molecule has 1 aromatic rings. The molecule has 1 nitrogen and oxygen atoms in total. The van der Waals surface area contributed by atoms with Gasteiger partial charge in [0.05, 0.1) is 19.6 Å². The Labute approximate surface area is 342 Å². The molecular weight excluding hydrogens is 662 g/mol. The van der Waals surface area contributed by atoms with Crippen LogP contribution in [0.2, 0.25) is 0 Å². The molecule has 2 heteroatoms. The molecule has 0 fully saturated rings. The summed E-state index contributed by atoms with van der Waals surface area (Å²) >= 11 is 0.